The fraction of sp³-hybridized carbons (Fsp3) is 0.938. The van der Waals surface area contributed by atoms with Gasteiger partial charge in [0.2, 0.25) is 0 Å². The van der Waals surface area contributed by atoms with Crippen molar-refractivity contribution in [1.82, 2.24) is 10.2 Å². The summed E-state index contributed by atoms with van der Waals surface area (Å²) >= 11 is 0. The van der Waals surface area contributed by atoms with Crippen LogP contribution >= 0.6 is 0 Å². The van der Waals surface area contributed by atoms with E-state index in [2.05, 4.69) is 17.1 Å². The van der Waals surface area contributed by atoms with E-state index in [9.17, 15) is 4.79 Å². The summed E-state index contributed by atoms with van der Waals surface area (Å²) in [5.74, 6) is 1.26. The van der Waals surface area contributed by atoms with Crippen LogP contribution in [-0.2, 0) is 9.53 Å². The number of hydrogen-bond acceptors (Lipinski definition) is 4. The molecule has 0 bridgehead atoms. The summed E-state index contributed by atoms with van der Waals surface area (Å²) < 4.78 is 5.18. The zero-order valence-electron chi connectivity index (χ0n) is 12.9. The average molecular weight is 280 g/mol. The molecule has 0 spiro atoms. The average Bonchev–Trinajstić information content (AvgIpc) is 3.37. The minimum atomic E-state index is -0.432. The van der Waals surface area contributed by atoms with E-state index in [-0.39, 0.29) is 5.97 Å². The lowest BCUT2D eigenvalue weighted by Crippen LogP contribution is -2.61. The number of ether oxygens (including phenoxy) is 1. The Bertz CT molecular complexity index is 365. The van der Waals surface area contributed by atoms with Crippen molar-refractivity contribution in [3.05, 3.63) is 0 Å². The van der Waals surface area contributed by atoms with Crippen LogP contribution in [0, 0.1) is 11.8 Å². The van der Waals surface area contributed by atoms with Crippen molar-refractivity contribution in [3.8, 4) is 0 Å². The van der Waals surface area contributed by atoms with E-state index >= 15 is 0 Å². The number of hydrogen-bond donors (Lipinski definition) is 1. The van der Waals surface area contributed by atoms with Crippen LogP contribution in [0.3, 0.4) is 0 Å². The van der Waals surface area contributed by atoms with E-state index in [4.69, 9.17) is 4.74 Å². The molecule has 114 valence electrons. The van der Waals surface area contributed by atoms with Crippen LogP contribution in [0.15, 0.2) is 0 Å². The molecule has 2 aliphatic carbocycles. The second kappa shape index (κ2) is 5.64. The molecule has 2 saturated carbocycles. The first-order valence-corrected chi connectivity index (χ1v) is 8.26. The Hall–Kier alpha value is -0.610. The van der Waals surface area contributed by atoms with Crippen LogP contribution in [0.2, 0.25) is 0 Å². The minimum Gasteiger partial charge on any atom is -0.468 e. The van der Waals surface area contributed by atoms with Crippen molar-refractivity contribution in [2.45, 2.75) is 57.0 Å². The molecule has 20 heavy (non-hydrogen) atoms. The Morgan fingerprint density at radius 1 is 1.30 bits per heavy atom. The predicted octanol–water partition coefficient (Wildman–Crippen LogP) is 1.79. The number of carbonyl (C=O) groups excluding carboxylic acids is 1. The van der Waals surface area contributed by atoms with Crippen molar-refractivity contribution in [3.63, 3.8) is 0 Å². The normalized spacial score (nSPS) is 30.2. The maximum Gasteiger partial charge on any atom is 0.327 e. The fourth-order valence-electron chi connectivity index (χ4n) is 3.68. The highest BCUT2D eigenvalue weighted by Crippen LogP contribution is 2.43. The molecule has 3 aliphatic rings. The van der Waals surface area contributed by atoms with Crippen LogP contribution in [0.25, 0.3) is 0 Å². The van der Waals surface area contributed by atoms with Gasteiger partial charge in [0.15, 0.2) is 0 Å². The third-order valence-electron chi connectivity index (χ3n) is 5.28. The quantitative estimate of drug-likeness (QED) is 0.722. The van der Waals surface area contributed by atoms with E-state index in [1.807, 2.05) is 0 Å². The summed E-state index contributed by atoms with van der Waals surface area (Å²) in [5.41, 5.74) is -0.432. The minimum absolute atomic E-state index is 0.0353. The lowest BCUT2D eigenvalue weighted by molar-refractivity contribution is -0.150. The molecule has 3 rings (SSSR count). The molecule has 1 aliphatic heterocycles. The molecule has 2 atom stereocenters. The Kier molecular flexibility index (Phi) is 4.04. The Morgan fingerprint density at radius 2 is 2.05 bits per heavy atom. The first kappa shape index (κ1) is 14.3. The van der Waals surface area contributed by atoms with E-state index in [1.165, 1.54) is 45.6 Å². The molecule has 4 nitrogen and oxygen atoms in total. The summed E-state index contributed by atoms with van der Waals surface area (Å²) in [4.78, 5) is 15.0. The molecular weight excluding hydrogens is 252 g/mol. The molecule has 0 amide bonds. The van der Waals surface area contributed by atoms with Gasteiger partial charge in [-0.3, -0.25) is 5.32 Å². The van der Waals surface area contributed by atoms with Crippen molar-refractivity contribution in [2.75, 3.05) is 26.7 Å². The zero-order chi connectivity index (χ0) is 14.2. The SMILES string of the molecule is CCC1CCN(CC(NC2CC2)(C(=O)OC)C2CC2)C1. The monoisotopic (exact) mass is 280 g/mol. The van der Waals surface area contributed by atoms with Crippen LogP contribution in [0.1, 0.15) is 45.4 Å². The van der Waals surface area contributed by atoms with Crippen molar-refractivity contribution < 1.29 is 9.53 Å². The summed E-state index contributed by atoms with van der Waals surface area (Å²) in [7, 11) is 1.53. The number of likely N-dealkylation sites (tertiary alicyclic amines) is 1. The molecule has 2 unspecified atom stereocenters. The van der Waals surface area contributed by atoms with Crippen LogP contribution in [0.4, 0.5) is 0 Å². The van der Waals surface area contributed by atoms with Gasteiger partial charge in [-0.15, -0.1) is 0 Å². The van der Waals surface area contributed by atoms with Gasteiger partial charge in [-0.2, -0.15) is 0 Å². The third kappa shape index (κ3) is 2.86. The fourth-order valence-corrected chi connectivity index (χ4v) is 3.68. The maximum atomic E-state index is 12.5. The lowest BCUT2D eigenvalue weighted by atomic mass is 9.92. The summed E-state index contributed by atoms with van der Waals surface area (Å²) in [6.07, 6.45) is 7.29. The molecule has 0 aromatic carbocycles. The van der Waals surface area contributed by atoms with E-state index in [1.54, 1.807) is 0 Å². The first-order chi connectivity index (χ1) is 9.68. The summed E-state index contributed by atoms with van der Waals surface area (Å²) in [6.45, 7) is 5.40. The van der Waals surface area contributed by atoms with Gasteiger partial charge in [0.25, 0.3) is 0 Å². The van der Waals surface area contributed by atoms with Crippen molar-refractivity contribution >= 4 is 5.97 Å². The number of rotatable bonds is 7. The first-order valence-electron chi connectivity index (χ1n) is 8.26. The Balaban J connectivity index is 1.72. The molecule has 0 aromatic rings. The van der Waals surface area contributed by atoms with E-state index in [0.29, 0.717) is 12.0 Å². The van der Waals surface area contributed by atoms with Gasteiger partial charge in [-0.1, -0.05) is 13.3 Å². The predicted molar refractivity (Wildman–Crippen MR) is 78.5 cm³/mol. The van der Waals surface area contributed by atoms with Gasteiger partial charge >= 0.3 is 5.97 Å². The Morgan fingerprint density at radius 3 is 2.55 bits per heavy atom. The molecular formula is C16H28N2O2. The molecule has 1 N–H and O–H groups in total. The topological polar surface area (TPSA) is 41.6 Å². The highest BCUT2D eigenvalue weighted by atomic mass is 16.5. The molecule has 3 fully saturated rings. The molecule has 0 radical (unpaired) electrons. The van der Waals surface area contributed by atoms with Crippen molar-refractivity contribution in [2.24, 2.45) is 11.8 Å². The summed E-state index contributed by atoms with van der Waals surface area (Å²) in [6, 6.07) is 0.541. The highest BCUT2D eigenvalue weighted by Gasteiger charge is 2.54. The smallest absolute Gasteiger partial charge is 0.327 e. The molecule has 4 heteroatoms. The van der Waals surface area contributed by atoms with Crippen LogP contribution in [-0.4, -0.2) is 49.2 Å². The van der Waals surface area contributed by atoms with Gasteiger partial charge in [-0.25, -0.2) is 4.79 Å². The van der Waals surface area contributed by atoms with Gasteiger partial charge in [0, 0.05) is 19.1 Å². The van der Waals surface area contributed by atoms with Gasteiger partial charge in [0.1, 0.15) is 5.54 Å². The highest BCUT2D eigenvalue weighted by molar-refractivity contribution is 5.82. The Labute approximate surface area is 122 Å². The zero-order valence-corrected chi connectivity index (χ0v) is 12.9. The largest absolute Gasteiger partial charge is 0.468 e. The third-order valence-corrected chi connectivity index (χ3v) is 5.28. The molecule has 1 heterocycles. The second-order valence-electron chi connectivity index (χ2n) is 6.95. The van der Waals surface area contributed by atoms with Gasteiger partial charge < -0.3 is 9.64 Å². The van der Waals surface area contributed by atoms with Crippen LogP contribution < -0.4 is 5.32 Å². The lowest BCUT2D eigenvalue weighted by Gasteiger charge is -2.36. The number of esters is 1. The van der Waals surface area contributed by atoms with Gasteiger partial charge in [0.05, 0.1) is 7.11 Å². The number of methoxy groups -OCH3 is 1. The molecule has 1 saturated heterocycles. The van der Waals surface area contributed by atoms with Gasteiger partial charge in [-0.05, 0) is 50.5 Å². The van der Waals surface area contributed by atoms with E-state index < -0.39 is 5.54 Å². The standard InChI is InChI=1S/C16H28N2O2/c1-3-12-8-9-18(10-12)11-16(13-4-5-13,15(19)20-2)17-14-6-7-14/h12-14,17H,3-11H2,1-2H3. The van der Waals surface area contributed by atoms with E-state index in [0.717, 1.165) is 25.6 Å². The van der Waals surface area contributed by atoms with Crippen molar-refractivity contribution in [1.29, 1.82) is 0 Å². The second-order valence-corrected chi connectivity index (χ2v) is 6.95. The number of nitrogens with one attached hydrogen (secondary N) is 1. The molecule has 0 aromatic heterocycles. The van der Waals surface area contributed by atoms with Crippen LogP contribution in [0.5, 0.6) is 0 Å². The number of carbonyl (C=O) groups is 1. The maximum absolute atomic E-state index is 12.5. The number of nitrogens with zero attached hydrogens (tertiary/aromatic N) is 1. The summed E-state index contributed by atoms with van der Waals surface area (Å²) in [5, 5.41) is 3.66.